The van der Waals surface area contributed by atoms with Crippen LogP contribution in [0.3, 0.4) is 0 Å². The lowest BCUT2D eigenvalue weighted by Gasteiger charge is -2.18. The smallest absolute Gasteiger partial charge is 0.322 e. The molecule has 8 nitrogen and oxygen atoms in total. The van der Waals surface area contributed by atoms with Gasteiger partial charge in [-0.3, -0.25) is 4.79 Å². The molecule has 1 heterocycles. The third-order valence-electron chi connectivity index (χ3n) is 6.39. The first-order chi connectivity index (χ1) is 18.9. The van der Waals surface area contributed by atoms with Gasteiger partial charge in [-0.15, -0.1) is 0 Å². The Hall–Kier alpha value is -3.34. The zero-order chi connectivity index (χ0) is 29.2. The van der Waals surface area contributed by atoms with Crippen LogP contribution in [-0.4, -0.2) is 31.6 Å². The van der Waals surface area contributed by atoms with Crippen molar-refractivity contribution in [2.24, 2.45) is 5.92 Å². The molecule has 0 fully saturated rings. The molecule has 0 bridgehead atoms. The number of fused-ring (bicyclic) bond motifs is 1. The maximum absolute atomic E-state index is 12.7. The number of carbonyl (C=O) groups is 1. The Labute approximate surface area is 242 Å². The standard InChI is InChI=1S/C30H32BrNO7S/c1-17(2)28(30(33)34)32-40(35,36)23-12-8-21(9-13-23)20-6-10-22(11-7-20)37-16-26-19(5)27-25(39-26)15-14-24(31)29(27)38-18(3)4/h6-15,17-18,28,32H,16H2,1-5H3,(H,33,34)/t28-/m0/s1. The van der Waals surface area contributed by atoms with Crippen molar-refractivity contribution in [1.82, 2.24) is 4.72 Å². The molecule has 0 aliphatic carbocycles. The highest BCUT2D eigenvalue weighted by molar-refractivity contribution is 9.10. The Morgan fingerprint density at radius 1 is 0.975 bits per heavy atom. The number of hydrogen-bond acceptors (Lipinski definition) is 6. The largest absolute Gasteiger partial charge is 0.489 e. The summed E-state index contributed by atoms with van der Waals surface area (Å²) in [6.45, 7) is 9.47. The molecule has 0 amide bonds. The number of carboxylic acids is 1. The lowest BCUT2D eigenvalue weighted by atomic mass is 10.1. The number of halogens is 1. The molecular weight excluding hydrogens is 598 g/mol. The summed E-state index contributed by atoms with van der Waals surface area (Å²) in [6, 6.07) is 16.3. The maximum atomic E-state index is 12.7. The van der Waals surface area contributed by atoms with Crippen LogP contribution in [0, 0.1) is 12.8 Å². The van der Waals surface area contributed by atoms with Crippen LogP contribution in [0.4, 0.5) is 0 Å². The van der Waals surface area contributed by atoms with Gasteiger partial charge in [0.05, 0.1) is 20.9 Å². The molecule has 0 saturated carbocycles. The van der Waals surface area contributed by atoms with Crippen molar-refractivity contribution >= 4 is 42.9 Å². The molecule has 0 spiro atoms. The van der Waals surface area contributed by atoms with Crippen LogP contribution in [0.25, 0.3) is 22.1 Å². The summed E-state index contributed by atoms with van der Waals surface area (Å²) in [5.41, 5.74) is 3.36. The van der Waals surface area contributed by atoms with Crippen molar-refractivity contribution in [1.29, 1.82) is 0 Å². The second-order valence-corrected chi connectivity index (χ2v) is 12.7. The first-order valence-corrected chi connectivity index (χ1v) is 15.1. The number of nitrogens with one attached hydrogen (secondary N) is 1. The number of furan rings is 1. The van der Waals surface area contributed by atoms with E-state index in [1.54, 1.807) is 26.0 Å². The maximum Gasteiger partial charge on any atom is 0.322 e. The van der Waals surface area contributed by atoms with Gasteiger partial charge in [0.15, 0.2) is 0 Å². The van der Waals surface area contributed by atoms with Gasteiger partial charge < -0.3 is 19.0 Å². The summed E-state index contributed by atoms with van der Waals surface area (Å²) in [4.78, 5) is 11.4. The number of rotatable bonds is 11. The molecular formula is C30H32BrNO7S. The number of aliphatic carboxylic acids is 1. The van der Waals surface area contributed by atoms with Gasteiger partial charge >= 0.3 is 5.97 Å². The minimum Gasteiger partial charge on any atom is -0.489 e. The predicted octanol–water partition coefficient (Wildman–Crippen LogP) is 6.92. The monoisotopic (exact) mass is 629 g/mol. The molecule has 1 atom stereocenters. The number of hydrogen-bond donors (Lipinski definition) is 2. The van der Waals surface area contributed by atoms with Crippen LogP contribution in [0.1, 0.15) is 39.0 Å². The minimum atomic E-state index is -3.98. The zero-order valence-corrected chi connectivity index (χ0v) is 25.3. The molecule has 0 aliphatic heterocycles. The van der Waals surface area contributed by atoms with E-state index in [2.05, 4.69) is 20.7 Å². The minimum absolute atomic E-state index is 0.00158. The van der Waals surface area contributed by atoms with E-state index >= 15 is 0 Å². The van der Waals surface area contributed by atoms with E-state index in [1.165, 1.54) is 12.1 Å². The molecule has 0 radical (unpaired) electrons. The molecule has 0 aliphatic rings. The van der Waals surface area contributed by atoms with Crippen LogP contribution in [0.2, 0.25) is 0 Å². The van der Waals surface area contributed by atoms with Crippen molar-refractivity contribution in [2.75, 3.05) is 0 Å². The Morgan fingerprint density at radius 2 is 1.57 bits per heavy atom. The average molecular weight is 631 g/mol. The van der Waals surface area contributed by atoms with Crippen molar-refractivity contribution in [3.05, 3.63) is 76.5 Å². The fourth-order valence-corrected chi connectivity index (χ4v) is 6.00. The van der Waals surface area contributed by atoms with E-state index < -0.39 is 28.0 Å². The highest BCUT2D eigenvalue weighted by Gasteiger charge is 2.28. The second kappa shape index (κ2) is 12.0. The number of carboxylic acid groups (broad SMARTS) is 1. The van der Waals surface area contributed by atoms with Gasteiger partial charge in [-0.05, 0) is 90.1 Å². The average Bonchev–Trinajstić information content (AvgIpc) is 3.23. The summed E-state index contributed by atoms with van der Waals surface area (Å²) in [5, 5.41) is 10.2. The van der Waals surface area contributed by atoms with E-state index in [1.807, 2.05) is 57.2 Å². The Bertz CT molecular complexity index is 1610. The van der Waals surface area contributed by atoms with Crippen LogP contribution >= 0.6 is 15.9 Å². The highest BCUT2D eigenvalue weighted by Crippen LogP contribution is 2.39. The molecule has 4 rings (SSSR count). The fraction of sp³-hybridized carbons (Fsp3) is 0.300. The van der Waals surface area contributed by atoms with Crippen LogP contribution in [-0.2, 0) is 21.4 Å². The summed E-state index contributed by atoms with van der Waals surface area (Å²) in [6.07, 6.45) is 0.0147. The lowest BCUT2D eigenvalue weighted by molar-refractivity contribution is -0.140. The van der Waals surface area contributed by atoms with E-state index in [-0.39, 0.29) is 17.6 Å². The fourth-order valence-electron chi connectivity index (χ4n) is 4.24. The third kappa shape index (κ3) is 6.51. The van der Waals surface area contributed by atoms with E-state index in [9.17, 15) is 18.3 Å². The molecule has 0 unspecified atom stereocenters. The summed E-state index contributed by atoms with van der Waals surface area (Å²) >= 11 is 3.57. The first kappa shape index (κ1) is 29.6. The van der Waals surface area contributed by atoms with E-state index in [0.717, 1.165) is 37.9 Å². The highest BCUT2D eigenvalue weighted by atomic mass is 79.9. The van der Waals surface area contributed by atoms with Gasteiger partial charge in [0.1, 0.15) is 35.5 Å². The van der Waals surface area contributed by atoms with E-state index in [0.29, 0.717) is 11.5 Å². The van der Waals surface area contributed by atoms with Crippen molar-refractivity contribution in [2.45, 2.75) is 58.3 Å². The zero-order valence-electron chi connectivity index (χ0n) is 22.9. The molecule has 1 aromatic heterocycles. The predicted molar refractivity (Wildman–Crippen MR) is 157 cm³/mol. The third-order valence-corrected chi connectivity index (χ3v) is 8.47. The number of aryl methyl sites for hydroxylation is 1. The quantitative estimate of drug-likeness (QED) is 0.185. The molecule has 3 aromatic carbocycles. The van der Waals surface area contributed by atoms with Crippen molar-refractivity contribution < 1.29 is 32.2 Å². The van der Waals surface area contributed by atoms with Gasteiger partial charge in [0.2, 0.25) is 10.0 Å². The molecule has 40 heavy (non-hydrogen) atoms. The summed E-state index contributed by atoms with van der Waals surface area (Å²) in [7, 11) is -3.98. The molecule has 0 saturated heterocycles. The molecule has 212 valence electrons. The van der Waals surface area contributed by atoms with Crippen LogP contribution < -0.4 is 14.2 Å². The van der Waals surface area contributed by atoms with Crippen molar-refractivity contribution in [3.63, 3.8) is 0 Å². The molecule has 4 aromatic rings. The SMILES string of the molecule is Cc1c(COc2ccc(-c3ccc(S(=O)(=O)N[C@H](C(=O)O)C(C)C)cc3)cc2)oc2ccc(Br)c(OC(C)C)c12. The number of benzene rings is 3. The van der Waals surface area contributed by atoms with Gasteiger partial charge in [-0.1, -0.05) is 38.1 Å². The summed E-state index contributed by atoms with van der Waals surface area (Å²) in [5.74, 6) is 0.493. The van der Waals surface area contributed by atoms with Crippen LogP contribution in [0.5, 0.6) is 11.5 Å². The Balaban J connectivity index is 1.46. The molecule has 10 heteroatoms. The second-order valence-electron chi connectivity index (χ2n) is 10.1. The summed E-state index contributed by atoms with van der Waals surface area (Å²) < 4.78 is 46.6. The van der Waals surface area contributed by atoms with Crippen molar-refractivity contribution in [3.8, 4) is 22.6 Å². The number of sulfonamides is 1. The van der Waals surface area contributed by atoms with Crippen LogP contribution in [0.15, 0.2) is 74.4 Å². The van der Waals surface area contributed by atoms with Gasteiger partial charge in [0, 0.05) is 5.56 Å². The van der Waals surface area contributed by atoms with E-state index in [4.69, 9.17) is 13.9 Å². The van der Waals surface area contributed by atoms with Gasteiger partial charge in [0.25, 0.3) is 0 Å². The molecule has 2 N–H and O–H groups in total. The number of ether oxygens (including phenoxy) is 2. The lowest BCUT2D eigenvalue weighted by Crippen LogP contribution is -2.44. The normalized spacial score (nSPS) is 12.7. The Kier molecular flexibility index (Phi) is 8.92. The van der Waals surface area contributed by atoms with Gasteiger partial charge in [-0.25, -0.2) is 8.42 Å². The topological polar surface area (TPSA) is 115 Å². The Morgan fingerprint density at radius 3 is 2.12 bits per heavy atom. The first-order valence-electron chi connectivity index (χ1n) is 12.8. The van der Waals surface area contributed by atoms with Gasteiger partial charge in [-0.2, -0.15) is 4.72 Å².